The van der Waals surface area contributed by atoms with Gasteiger partial charge >= 0.3 is 0 Å². The molecular weight excluding hydrogens is 254 g/mol. The third-order valence-corrected chi connectivity index (χ3v) is 2.86. The number of ether oxygens (including phenoxy) is 1. The van der Waals surface area contributed by atoms with E-state index in [2.05, 4.69) is 19.2 Å². The second-order valence-corrected chi connectivity index (χ2v) is 5.74. The molecule has 0 aliphatic carbocycles. The summed E-state index contributed by atoms with van der Waals surface area (Å²) in [7, 11) is 0. The van der Waals surface area contributed by atoms with E-state index in [9.17, 15) is 4.79 Å². The number of nitrogen functional groups attached to an aromatic ring is 1. The number of hydrogen-bond acceptors (Lipinski definition) is 3. The number of aromatic nitrogens is 1. The van der Waals surface area contributed by atoms with E-state index >= 15 is 0 Å². The minimum atomic E-state index is -0.0840. The van der Waals surface area contributed by atoms with E-state index < -0.39 is 0 Å². The molecule has 5 nitrogen and oxygen atoms in total. The SMILES string of the molecule is CC(C)COCCCNC(=O)c1cc(N)cn1C(C)C. The molecule has 0 spiro atoms. The van der Waals surface area contributed by atoms with Crippen molar-refractivity contribution < 1.29 is 9.53 Å². The lowest BCUT2D eigenvalue weighted by Gasteiger charge is -2.12. The van der Waals surface area contributed by atoms with Crippen LogP contribution in [0.1, 0.15) is 50.6 Å². The molecule has 20 heavy (non-hydrogen) atoms. The molecule has 0 aromatic carbocycles. The first-order valence-corrected chi connectivity index (χ1v) is 7.25. The van der Waals surface area contributed by atoms with Crippen molar-refractivity contribution in [3.63, 3.8) is 0 Å². The molecule has 0 saturated carbocycles. The molecule has 1 amide bonds. The van der Waals surface area contributed by atoms with Gasteiger partial charge in [-0.25, -0.2) is 0 Å². The van der Waals surface area contributed by atoms with E-state index in [0.717, 1.165) is 13.0 Å². The first-order valence-electron chi connectivity index (χ1n) is 7.25. The molecule has 5 heteroatoms. The molecule has 0 unspecified atom stereocenters. The van der Waals surface area contributed by atoms with Crippen LogP contribution in [0.3, 0.4) is 0 Å². The standard InChI is InChI=1S/C15H27N3O2/c1-11(2)10-20-7-5-6-17-15(19)14-8-13(16)9-18(14)12(3)4/h8-9,11-12H,5-7,10,16H2,1-4H3,(H,17,19). The molecule has 1 rings (SSSR count). The van der Waals surface area contributed by atoms with Crippen molar-refractivity contribution in [1.29, 1.82) is 0 Å². The fraction of sp³-hybridized carbons (Fsp3) is 0.667. The second kappa shape index (κ2) is 7.94. The number of nitrogens with two attached hydrogens (primary N) is 1. The van der Waals surface area contributed by atoms with Crippen molar-refractivity contribution in [3.8, 4) is 0 Å². The summed E-state index contributed by atoms with van der Waals surface area (Å²) in [6.07, 6.45) is 2.61. The maximum atomic E-state index is 12.1. The summed E-state index contributed by atoms with van der Waals surface area (Å²) in [5.74, 6) is 0.459. The van der Waals surface area contributed by atoms with E-state index in [4.69, 9.17) is 10.5 Å². The van der Waals surface area contributed by atoms with E-state index in [1.807, 2.05) is 18.4 Å². The zero-order chi connectivity index (χ0) is 15.1. The molecule has 0 bridgehead atoms. The lowest BCUT2D eigenvalue weighted by atomic mass is 10.2. The molecule has 0 atom stereocenters. The lowest BCUT2D eigenvalue weighted by molar-refractivity contribution is 0.0915. The topological polar surface area (TPSA) is 69.3 Å². The Morgan fingerprint density at radius 3 is 2.70 bits per heavy atom. The molecule has 114 valence electrons. The van der Waals surface area contributed by atoms with Crippen LogP contribution in [0.5, 0.6) is 0 Å². The first-order chi connectivity index (χ1) is 9.41. The Hall–Kier alpha value is -1.49. The van der Waals surface area contributed by atoms with Crippen LogP contribution < -0.4 is 11.1 Å². The number of carbonyl (C=O) groups is 1. The quantitative estimate of drug-likeness (QED) is 0.719. The van der Waals surface area contributed by atoms with Crippen molar-refractivity contribution in [2.24, 2.45) is 5.92 Å². The van der Waals surface area contributed by atoms with Crippen LogP contribution in [-0.4, -0.2) is 30.2 Å². The zero-order valence-electron chi connectivity index (χ0n) is 13.0. The summed E-state index contributed by atoms with van der Waals surface area (Å²) >= 11 is 0. The van der Waals surface area contributed by atoms with Gasteiger partial charge in [0, 0.05) is 32.0 Å². The number of nitrogens with one attached hydrogen (secondary N) is 1. The Bertz CT molecular complexity index is 425. The van der Waals surface area contributed by atoms with Crippen molar-refractivity contribution in [1.82, 2.24) is 9.88 Å². The fourth-order valence-electron chi connectivity index (χ4n) is 1.90. The summed E-state index contributed by atoms with van der Waals surface area (Å²) in [5, 5.41) is 2.90. The molecule has 3 N–H and O–H groups in total. The summed E-state index contributed by atoms with van der Waals surface area (Å²) in [4.78, 5) is 12.1. The van der Waals surface area contributed by atoms with Gasteiger partial charge in [-0.15, -0.1) is 0 Å². The Morgan fingerprint density at radius 2 is 2.10 bits per heavy atom. The Balaban J connectivity index is 2.36. The van der Waals surface area contributed by atoms with Gasteiger partial charge in [0.1, 0.15) is 5.69 Å². The van der Waals surface area contributed by atoms with Gasteiger partial charge in [0.2, 0.25) is 0 Å². The van der Waals surface area contributed by atoms with Gasteiger partial charge < -0.3 is 20.4 Å². The minimum absolute atomic E-state index is 0.0840. The summed E-state index contributed by atoms with van der Waals surface area (Å²) in [6.45, 7) is 10.3. The number of amides is 1. The van der Waals surface area contributed by atoms with E-state index in [1.54, 1.807) is 12.3 Å². The average molecular weight is 281 g/mol. The summed E-state index contributed by atoms with van der Waals surface area (Å²) in [5.41, 5.74) is 6.98. The van der Waals surface area contributed by atoms with Gasteiger partial charge in [0.25, 0.3) is 5.91 Å². The number of hydrogen-bond donors (Lipinski definition) is 2. The number of anilines is 1. The molecule has 1 aromatic rings. The highest BCUT2D eigenvalue weighted by molar-refractivity contribution is 5.93. The van der Waals surface area contributed by atoms with Gasteiger partial charge in [0.15, 0.2) is 0 Å². The first kappa shape index (κ1) is 16.6. The monoisotopic (exact) mass is 281 g/mol. The van der Waals surface area contributed by atoms with Crippen LogP contribution in [0.15, 0.2) is 12.3 Å². The minimum Gasteiger partial charge on any atom is -0.397 e. The van der Waals surface area contributed by atoms with Crippen LogP contribution >= 0.6 is 0 Å². The van der Waals surface area contributed by atoms with Crippen molar-refractivity contribution in [2.45, 2.75) is 40.2 Å². The number of rotatable bonds is 8. The highest BCUT2D eigenvalue weighted by atomic mass is 16.5. The fourth-order valence-corrected chi connectivity index (χ4v) is 1.90. The Kier molecular flexibility index (Phi) is 6.58. The second-order valence-electron chi connectivity index (χ2n) is 5.74. The van der Waals surface area contributed by atoms with Crippen molar-refractivity contribution in [3.05, 3.63) is 18.0 Å². The molecule has 1 heterocycles. The average Bonchev–Trinajstić information content (AvgIpc) is 2.75. The maximum absolute atomic E-state index is 12.1. The van der Waals surface area contributed by atoms with Crippen LogP contribution in [0.25, 0.3) is 0 Å². The van der Waals surface area contributed by atoms with Crippen LogP contribution in [0.2, 0.25) is 0 Å². The predicted octanol–water partition coefficient (Wildman–Crippen LogP) is 2.44. The van der Waals surface area contributed by atoms with E-state index in [1.165, 1.54) is 0 Å². The van der Waals surface area contributed by atoms with Crippen LogP contribution in [0.4, 0.5) is 5.69 Å². The number of nitrogens with zero attached hydrogens (tertiary/aromatic N) is 1. The Labute approximate surface area is 121 Å². The van der Waals surface area contributed by atoms with Gasteiger partial charge in [-0.1, -0.05) is 13.8 Å². The van der Waals surface area contributed by atoms with Crippen molar-refractivity contribution >= 4 is 11.6 Å². The highest BCUT2D eigenvalue weighted by Crippen LogP contribution is 2.16. The normalized spacial score (nSPS) is 11.3. The van der Waals surface area contributed by atoms with Gasteiger partial charge in [-0.3, -0.25) is 4.79 Å². The molecule has 1 aromatic heterocycles. The molecule has 0 radical (unpaired) electrons. The van der Waals surface area contributed by atoms with Gasteiger partial charge in [0.05, 0.1) is 5.69 Å². The van der Waals surface area contributed by atoms with Crippen LogP contribution in [-0.2, 0) is 4.74 Å². The molecular formula is C15H27N3O2. The van der Waals surface area contributed by atoms with E-state index in [-0.39, 0.29) is 11.9 Å². The lowest BCUT2D eigenvalue weighted by Crippen LogP contribution is -2.27. The highest BCUT2D eigenvalue weighted by Gasteiger charge is 2.14. The van der Waals surface area contributed by atoms with Crippen LogP contribution in [0, 0.1) is 5.92 Å². The molecule has 0 aliphatic heterocycles. The third-order valence-electron chi connectivity index (χ3n) is 2.86. The summed E-state index contributed by atoms with van der Waals surface area (Å²) < 4.78 is 7.36. The molecule has 0 saturated heterocycles. The predicted molar refractivity (Wildman–Crippen MR) is 81.8 cm³/mol. The molecule has 0 fully saturated rings. The van der Waals surface area contributed by atoms with Gasteiger partial charge in [-0.2, -0.15) is 0 Å². The third kappa shape index (κ3) is 5.25. The zero-order valence-corrected chi connectivity index (χ0v) is 13.0. The summed E-state index contributed by atoms with van der Waals surface area (Å²) in [6, 6.07) is 1.92. The van der Waals surface area contributed by atoms with Crippen molar-refractivity contribution in [2.75, 3.05) is 25.5 Å². The maximum Gasteiger partial charge on any atom is 0.267 e. The molecule has 0 aliphatic rings. The van der Waals surface area contributed by atoms with Gasteiger partial charge in [-0.05, 0) is 32.3 Å². The Morgan fingerprint density at radius 1 is 1.40 bits per heavy atom. The largest absolute Gasteiger partial charge is 0.397 e. The van der Waals surface area contributed by atoms with E-state index in [0.29, 0.717) is 30.5 Å². The number of carbonyl (C=O) groups excluding carboxylic acids is 1. The smallest absolute Gasteiger partial charge is 0.267 e.